The summed E-state index contributed by atoms with van der Waals surface area (Å²) < 4.78 is 1.40. The second-order valence-corrected chi connectivity index (χ2v) is 26.2. The van der Waals surface area contributed by atoms with Crippen molar-refractivity contribution < 1.29 is 0 Å². The fourth-order valence-electron chi connectivity index (χ4n) is 12.2. The van der Waals surface area contributed by atoms with E-state index in [2.05, 4.69) is 222 Å². The van der Waals surface area contributed by atoms with Gasteiger partial charge in [-0.1, -0.05) is 158 Å². The zero-order chi connectivity index (χ0) is 46.7. The molecule has 7 aromatic rings. The first-order valence-corrected chi connectivity index (χ1v) is 25.6. The molecule has 0 atom stereocenters. The molecule has 0 saturated heterocycles. The Morgan fingerprint density at radius 1 is 0.455 bits per heavy atom. The summed E-state index contributed by atoms with van der Waals surface area (Å²) in [4.78, 5) is 5.33. The molecule has 4 aliphatic rings. The molecule has 0 radical (unpaired) electrons. The molecule has 66 heavy (non-hydrogen) atoms. The van der Waals surface area contributed by atoms with Crippen molar-refractivity contribution in [3.05, 3.63) is 149 Å². The smallest absolute Gasteiger partial charge is 0.254 e. The number of thiophene rings is 1. The molecule has 2 nitrogen and oxygen atoms in total. The lowest BCUT2D eigenvalue weighted by molar-refractivity contribution is 0.332. The molecule has 336 valence electrons. The maximum atomic E-state index is 2.72. The Balaban J connectivity index is 1.29. The van der Waals surface area contributed by atoms with Crippen molar-refractivity contribution in [2.45, 2.75) is 155 Å². The summed E-state index contributed by atoms with van der Waals surface area (Å²) in [6, 6.07) is 45.9. The highest BCUT2D eigenvalue weighted by Gasteiger charge is 2.48. The molecular weight excluding hydrogens is 816 g/mol. The fraction of sp³-hybridized carbons (Fsp3) is 0.387. The van der Waals surface area contributed by atoms with E-state index in [1.54, 1.807) is 0 Å². The Morgan fingerprint density at radius 3 is 1.59 bits per heavy atom. The second kappa shape index (κ2) is 14.2. The van der Waals surface area contributed by atoms with Gasteiger partial charge >= 0.3 is 0 Å². The van der Waals surface area contributed by atoms with Crippen LogP contribution in [0.1, 0.15) is 156 Å². The van der Waals surface area contributed by atoms with E-state index < -0.39 is 0 Å². The van der Waals surface area contributed by atoms with Gasteiger partial charge in [0.2, 0.25) is 0 Å². The highest BCUT2D eigenvalue weighted by Crippen LogP contribution is 2.54. The van der Waals surface area contributed by atoms with Crippen molar-refractivity contribution in [3.8, 4) is 11.1 Å². The van der Waals surface area contributed by atoms with Crippen LogP contribution in [0.3, 0.4) is 0 Å². The summed E-state index contributed by atoms with van der Waals surface area (Å²) in [7, 11) is 0. The molecule has 0 bridgehead atoms. The minimum absolute atomic E-state index is 0.0207. The van der Waals surface area contributed by atoms with Crippen LogP contribution in [0.4, 0.5) is 33.4 Å². The summed E-state index contributed by atoms with van der Waals surface area (Å²) >= 11 is 2.03. The standard InChI is InChI=1S/C62H69BN2S/c1-57(2,3)40-20-23-42(24-21-40)64-50-27-22-41(58(4,5)6)34-49(50)63-54-44-36-47-48(62(13,14)31-30-61(47,11)12)37-53(44)66-56(54)65(43-25-26-45-46(35-43)60(9,10)29-28-59(45,7)8)52-33-39(32-51(64)55(52)63)38-18-16-15-17-19-38/h15-27,32-37H,28-31H2,1-14H3. The first-order chi connectivity index (χ1) is 30.9. The minimum atomic E-state index is -0.0207. The van der Waals surface area contributed by atoms with Crippen molar-refractivity contribution in [3.63, 3.8) is 0 Å². The van der Waals surface area contributed by atoms with Crippen molar-refractivity contribution in [2.75, 3.05) is 9.80 Å². The molecule has 2 aliphatic heterocycles. The number of anilines is 6. The van der Waals surface area contributed by atoms with Gasteiger partial charge in [0.1, 0.15) is 0 Å². The van der Waals surface area contributed by atoms with Gasteiger partial charge in [-0.25, -0.2) is 0 Å². The molecule has 0 unspecified atom stereocenters. The number of fused-ring (bicyclic) bond motifs is 8. The van der Waals surface area contributed by atoms with E-state index in [4.69, 9.17) is 0 Å². The average Bonchev–Trinajstić information content (AvgIpc) is 3.64. The normalized spacial score (nSPS) is 18.6. The van der Waals surface area contributed by atoms with Gasteiger partial charge in [0.05, 0.1) is 5.00 Å². The summed E-state index contributed by atoms with van der Waals surface area (Å²) in [5.41, 5.74) is 22.2. The third-order valence-electron chi connectivity index (χ3n) is 16.7. The van der Waals surface area contributed by atoms with Gasteiger partial charge in [-0.15, -0.1) is 11.3 Å². The summed E-state index contributed by atoms with van der Waals surface area (Å²) in [5, 5.41) is 2.78. The third-order valence-corrected chi connectivity index (χ3v) is 17.9. The first-order valence-electron chi connectivity index (χ1n) is 24.8. The molecule has 11 rings (SSSR count). The zero-order valence-corrected chi connectivity index (χ0v) is 43.0. The van der Waals surface area contributed by atoms with Gasteiger partial charge in [-0.3, -0.25) is 0 Å². The number of rotatable bonds is 3. The van der Waals surface area contributed by atoms with Gasteiger partial charge in [-0.05, 0) is 179 Å². The summed E-state index contributed by atoms with van der Waals surface area (Å²) in [6.45, 7) is 33.9. The minimum Gasteiger partial charge on any atom is -0.311 e. The average molecular weight is 885 g/mol. The largest absolute Gasteiger partial charge is 0.311 e. The second-order valence-electron chi connectivity index (χ2n) is 25.2. The number of nitrogens with zero attached hydrogens (tertiary/aromatic N) is 2. The number of hydrogen-bond donors (Lipinski definition) is 0. The third kappa shape index (κ3) is 6.62. The molecule has 0 fully saturated rings. The fourth-order valence-corrected chi connectivity index (χ4v) is 13.5. The predicted octanol–water partition coefficient (Wildman–Crippen LogP) is 15.9. The van der Waals surface area contributed by atoms with E-state index in [0.29, 0.717) is 0 Å². The quantitative estimate of drug-likeness (QED) is 0.163. The van der Waals surface area contributed by atoms with E-state index in [-0.39, 0.29) is 39.2 Å². The zero-order valence-electron chi connectivity index (χ0n) is 42.2. The Hall–Kier alpha value is -5.06. The molecular formula is C62H69BN2S. The highest BCUT2D eigenvalue weighted by molar-refractivity contribution is 7.26. The van der Waals surface area contributed by atoms with Gasteiger partial charge in [0.15, 0.2) is 0 Å². The molecule has 0 amide bonds. The van der Waals surface area contributed by atoms with E-state index in [1.807, 2.05) is 11.3 Å². The van der Waals surface area contributed by atoms with Crippen molar-refractivity contribution in [1.82, 2.24) is 0 Å². The van der Waals surface area contributed by atoms with Gasteiger partial charge in [-0.2, -0.15) is 0 Å². The molecule has 0 spiro atoms. The van der Waals surface area contributed by atoms with Crippen LogP contribution in [0.15, 0.2) is 115 Å². The molecule has 3 heterocycles. The number of hydrogen-bond acceptors (Lipinski definition) is 3. The van der Waals surface area contributed by atoms with E-state index in [0.717, 1.165) is 0 Å². The summed E-state index contributed by atoms with van der Waals surface area (Å²) in [6.07, 6.45) is 4.77. The molecule has 0 saturated carbocycles. The van der Waals surface area contributed by atoms with E-state index >= 15 is 0 Å². The van der Waals surface area contributed by atoms with Crippen LogP contribution in [0.5, 0.6) is 0 Å². The lowest BCUT2D eigenvalue weighted by Crippen LogP contribution is -2.61. The Morgan fingerprint density at radius 2 is 0.985 bits per heavy atom. The van der Waals surface area contributed by atoms with Crippen LogP contribution < -0.4 is 26.2 Å². The monoisotopic (exact) mass is 885 g/mol. The van der Waals surface area contributed by atoms with Crippen molar-refractivity contribution in [2.24, 2.45) is 0 Å². The van der Waals surface area contributed by atoms with E-state index in [1.165, 1.54) is 130 Å². The Bertz CT molecular complexity index is 3110. The van der Waals surface area contributed by atoms with Gasteiger partial charge in [0, 0.05) is 33.1 Å². The maximum Gasteiger partial charge on any atom is 0.254 e. The molecule has 0 N–H and O–H groups in total. The highest BCUT2D eigenvalue weighted by atomic mass is 32.1. The summed E-state index contributed by atoms with van der Waals surface area (Å²) in [5.74, 6) is 0. The number of benzene rings is 6. The van der Waals surface area contributed by atoms with Crippen LogP contribution in [-0.4, -0.2) is 6.71 Å². The molecule has 2 aliphatic carbocycles. The van der Waals surface area contributed by atoms with Crippen LogP contribution in [-0.2, 0) is 32.5 Å². The molecule has 6 aromatic carbocycles. The topological polar surface area (TPSA) is 6.48 Å². The van der Waals surface area contributed by atoms with Crippen molar-refractivity contribution >= 4 is 78.0 Å². The van der Waals surface area contributed by atoms with Gasteiger partial charge in [0.25, 0.3) is 6.71 Å². The Kier molecular flexibility index (Phi) is 9.39. The first kappa shape index (κ1) is 43.5. The molecule has 4 heteroatoms. The van der Waals surface area contributed by atoms with E-state index in [9.17, 15) is 0 Å². The lowest BCUT2D eigenvalue weighted by atomic mass is 9.33. The maximum absolute atomic E-state index is 2.72. The van der Waals surface area contributed by atoms with Gasteiger partial charge < -0.3 is 9.80 Å². The molecule has 1 aromatic heterocycles. The van der Waals surface area contributed by atoms with Crippen LogP contribution in [0.25, 0.3) is 21.2 Å². The van der Waals surface area contributed by atoms with Crippen LogP contribution in [0, 0.1) is 0 Å². The van der Waals surface area contributed by atoms with Crippen molar-refractivity contribution in [1.29, 1.82) is 0 Å². The predicted molar refractivity (Wildman–Crippen MR) is 289 cm³/mol. The Labute approximate surface area is 400 Å². The van der Waals surface area contributed by atoms with Crippen LogP contribution in [0.2, 0.25) is 0 Å². The lowest BCUT2D eigenvalue weighted by Gasteiger charge is -2.45. The SMILES string of the molecule is CC(C)(C)c1ccc(N2c3ccc(C(C)(C)C)cc3B3c4c2cc(-c2ccccc2)cc4N(c2ccc4c(c2)C(C)(C)CCC4(C)C)c2sc4cc5c(cc4c23)C(C)(C)CCC5(C)C)cc1. The van der Waals surface area contributed by atoms with Crippen LogP contribution >= 0.6 is 11.3 Å².